The van der Waals surface area contributed by atoms with Crippen molar-refractivity contribution in [3.05, 3.63) is 28.3 Å². The Kier molecular flexibility index (Phi) is 5.93. The fourth-order valence-electron chi connectivity index (χ4n) is 1.68. The van der Waals surface area contributed by atoms with Crippen molar-refractivity contribution in [1.82, 2.24) is 0 Å². The molecule has 0 saturated carbocycles. The Morgan fingerprint density at radius 1 is 1.28 bits per heavy atom. The van der Waals surface area contributed by atoms with E-state index in [1.54, 1.807) is 0 Å². The maximum absolute atomic E-state index is 9.77. The molecule has 0 aromatic heterocycles. The number of quaternary nitrogens is 1. The van der Waals surface area contributed by atoms with Crippen molar-refractivity contribution in [1.29, 1.82) is 0 Å². The Balaban J connectivity index is 2.48. The largest absolute Gasteiger partial charge is 0.491 e. The van der Waals surface area contributed by atoms with Gasteiger partial charge in [-0.15, -0.1) is 0 Å². The summed E-state index contributed by atoms with van der Waals surface area (Å²) in [5.74, 6) is 0.762. The minimum atomic E-state index is -0.455. The number of benzene rings is 1. The Labute approximate surface area is 114 Å². The molecular formula is C14H23ClNO2+. The number of aliphatic hydroxyl groups excluding tert-OH is 1. The van der Waals surface area contributed by atoms with Crippen molar-refractivity contribution in [3.63, 3.8) is 0 Å². The first-order valence-electron chi connectivity index (χ1n) is 6.31. The fourth-order valence-corrected chi connectivity index (χ4v) is 1.79. The van der Waals surface area contributed by atoms with Crippen LogP contribution in [0.1, 0.15) is 25.0 Å². The Morgan fingerprint density at radius 3 is 2.33 bits per heavy atom. The number of aryl methyl sites for hydroxylation is 2. The maximum atomic E-state index is 9.77. The van der Waals surface area contributed by atoms with Gasteiger partial charge in [-0.3, -0.25) is 0 Å². The molecule has 0 aliphatic heterocycles. The minimum absolute atomic E-state index is 0.309. The van der Waals surface area contributed by atoms with Crippen molar-refractivity contribution in [2.45, 2.75) is 39.8 Å². The molecule has 3 N–H and O–H groups in total. The van der Waals surface area contributed by atoms with Crippen LogP contribution in [0.25, 0.3) is 0 Å². The van der Waals surface area contributed by atoms with E-state index >= 15 is 0 Å². The van der Waals surface area contributed by atoms with Crippen LogP contribution in [0.15, 0.2) is 12.1 Å². The normalized spacial score (nSPS) is 12.8. The molecule has 0 amide bonds. The highest BCUT2D eigenvalue weighted by molar-refractivity contribution is 6.32. The van der Waals surface area contributed by atoms with E-state index in [-0.39, 0.29) is 0 Å². The van der Waals surface area contributed by atoms with E-state index in [0.717, 1.165) is 21.9 Å². The average Bonchev–Trinajstić information content (AvgIpc) is 2.30. The predicted molar refractivity (Wildman–Crippen MR) is 74.4 cm³/mol. The van der Waals surface area contributed by atoms with Gasteiger partial charge in [0.25, 0.3) is 0 Å². The summed E-state index contributed by atoms with van der Waals surface area (Å²) in [5.41, 5.74) is 1.99. The van der Waals surface area contributed by atoms with Gasteiger partial charge < -0.3 is 15.2 Å². The Hall–Kier alpha value is -0.770. The molecule has 0 spiro atoms. The molecule has 102 valence electrons. The molecule has 1 rings (SSSR count). The van der Waals surface area contributed by atoms with Crippen LogP contribution < -0.4 is 10.1 Å². The topological polar surface area (TPSA) is 46.1 Å². The lowest BCUT2D eigenvalue weighted by atomic mass is 10.1. The van der Waals surface area contributed by atoms with Gasteiger partial charge in [0.2, 0.25) is 0 Å². The lowest BCUT2D eigenvalue weighted by molar-refractivity contribution is -0.688. The number of nitrogens with two attached hydrogens (primary N) is 1. The van der Waals surface area contributed by atoms with Crippen molar-refractivity contribution < 1.29 is 15.2 Å². The maximum Gasteiger partial charge on any atom is 0.137 e. The molecule has 4 heteroatoms. The third-order valence-corrected chi connectivity index (χ3v) is 3.33. The highest BCUT2D eigenvalue weighted by Crippen LogP contribution is 2.25. The second kappa shape index (κ2) is 6.98. The van der Waals surface area contributed by atoms with Gasteiger partial charge in [0.05, 0.1) is 6.04 Å². The van der Waals surface area contributed by atoms with Crippen LogP contribution in [0.4, 0.5) is 0 Å². The summed E-state index contributed by atoms with van der Waals surface area (Å²) in [5, 5.41) is 12.6. The first kappa shape index (κ1) is 15.3. The number of rotatable bonds is 6. The summed E-state index contributed by atoms with van der Waals surface area (Å²) < 4.78 is 5.59. The summed E-state index contributed by atoms with van der Waals surface area (Å²) in [4.78, 5) is 0. The molecule has 1 aromatic carbocycles. The molecule has 0 fully saturated rings. The van der Waals surface area contributed by atoms with Crippen molar-refractivity contribution >= 4 is 11.6 Å². The lowest BCUT2D eigenvalue weighted by Crippen LogP contribution is -2.90. The number of ether oxygens (including phenoxy) is 1. The summed E-state index contributed by atoms with van der Waals surface area (Å²) >= 11 is 6.09. The lowest BCUT2D eigenvalue weighted by Gasteiger charge is -2.14. The zero-order chi connectivity index (χ0) is 13.7. The van der Waals surface area contributed by atoms with Crippen LogP contribution in [-0.2, 0) is 0 Å². The Morgan fingerprint density at radius 2 is 1.83 bits per heavy atom. The number of hydrogen-bond donors (Lipinski definition) is 2. The van der Waals surface area contributed by atoms with Crippen molar-refractivity contribution in [2.24, 2.45) is 0 Å². The summed E-state index contributed by atoms with van der Waals surface area (Å²) in [6, 6.07) is 4.28. The van der Waals surface area contributed by atoms with Crippen LogP contribution in [0.2, 0.25) is 5.02 Å². The van der Waals surface area contributed by atoms with Gasteiger partial charge in [-0.25, -0.2) is 0 Å². The third-order valence-electron chi connectivity index (χ3n) is 2.73. The van der Waals surface area contributed by atoms with E-state index in [4.69, 9.17) is 16.3 Å². The fraction of sp³-hybridized carbons (Fsp3) is 0.571. The number of aliphatic hydroxyl groups is 1. The molecule has 1 unspecified atom stereocenters. The highest BCUT2D eigenvalue weighted by atomic mass is 35.5. The zero-order valence-corrected chi connectivity index (χ0v) is 12.3. The molecule has 0 radical (unpaired) electrons. The second-order valence-corrected chi connectivity index (χ2v) is 5.43. The smallest absolute Gasteiger partial charge is 0.137 e. The van der Waals surface area contributed by atoms with Gasteiger partial charge in [-0.05, 0) is 51.0 Å². The molecule has 0 saturated heterocycles. The van der Waals surface area contributed by atoms with E-state index in [0.29, 0.717) is 19.2 Å². The average molecular weight is 273 g/mol. The number of hydrogen-bond acceptors (Lipinski definition) is 2. The van der Waals surface area contributed by atoms with Crippen LogP contribution >= 0.6 is 11.6 Å². The molecule has 0 aliphatic carbocycles. The van der Waals surface area contributed by atoms with Gasteiger partial charge in [0.15, 0.2) is 0 Å². The second-order valence-electron chi connectivity index (χ2n) is 5.05. The predicted octanol–water partition coefficient (Wildman–Crippen LogP) is 1.67. The van der Waals surface area contributed by atoms with Crippen LogP contribution in [0.5, 0.6) is 5.75 Å². The zero-order valence-electron chi connectivity index (χ0n) is 11.5. The molecule has 0 bridgehead atoms. The minimum Gasteiger partial charge on any atom is -0.491 e. The van der Waals surface area contributed by atoms with Crippen LogP contribution in [0.3, 0.4) is 0 Å². The first-order valence-corrected chi connectivity index (χ1v) is 6.69. The number of halogens is 1. The van der Waals surface area contributed by atoms with E-state index in [1.165, 1.54) is 0 Å². The van der Waals surface area contributed by atoms with Gasteiger partial charge >= 0.3 is 0 Å². The van der Waals surface area contributed by atoms with Gasteiger partial charge in [0.1, 0.15) is 25.0 Å². The molecule has 1 aromatic rings. The Bertz CT molecular complexity index is 370. The van der Waals surface area contributed by atoms with E-state index in [2.05, 4.69) is 19.2 Å². The third kappa shape index (κ3) is 4.84. The SMILES string of the molecule is Cc1cc(OCC(O)C[NH2+]C(C)C)cc(C)c1Cl. The summed E-state index contributed by atoms with van der Waals surface area (Å²) in [7, 11) is 0. The first-order chi connectivity index (χ1) is 8.40. The molecular weight excluding hydrogens is 250 g/mol. The van der Waals surface area contributed by atoms with Gasteiger partial charge in [-0.2, -0.15) is 0 Å². The molecule has 0 heterocycles. The summed E-state index contributed by atoms with van der Waals surface area (Å²) in [6.45, 7) is 9.06. The molecule has 0 aliphatic rings. The molecule has 18 heavy (non-hydrogen) atoms. The monoisotopic (exact) mass is 272 g/mol. The van der Waals surface area contributed by atoms with Crippen molar-refractivity contribution in [2.75, 3.05) is 13.2 Å². The standard InChI is InChI=1S/C14H22ClNO2/c1-9(2)16-7-12(17)8-18-13-5-10(3)14(15)11(4)6-13/h5-6,9,12,16-17H,7-8H2,1-4H3/p+1. The van der Waals surface area contributed by atoms with Crippen LogP contribution in [-0.4, -0.2) is 30.4 Å². The van der Waals surface area contributed by atoms with Gasteiger partial charge in [-0.1, -0.05) is 11.6 Å². The van der Waals surface area contributed by atoms with E-state index in [9.17, 15) is 5.11 Å². The van der Waals surface area contributed by atoms with Crippen molar-refractivity contribution in [3.8, 4) is 5.75 Å². The quantitative estimate of drug-likeness (QED) is 0.828. The summed E-state index contributed by atoms with van der Waals surface area (Å²) in [6.07, 6.45) is -0.455. The van der Waals surface area contributed by atoms with Crippen LogP contribution in [0, 0.1) is 13.8 Å². The highest BCUT2D eigenvalue weighted by Gasteiger charge is 2.10. The molecule has 3 nitrogen and oxygen atoms in total. The van der Waals surface area contributed by atoms with Gasteiger partial charge in [0, 0.05) is 5.02 Å². The van der Waals surface area contributed by atoms with E-state index in [1.807, 2.05) is 26.0 Å². The van der Waals surface area contributed by atoms with E-state index < -0.39 is 6.10 Å². The molecule has 1 atom stereocenters.